The molecule has 0 aliphatic heterocycles. The van der Waals surface area contributed by atoms with Crippen molar-refractivity contribution < 1.29 is 9.13 Å². The zero-order chi connectivity index (χ0) is 13.7. The maximum atomic E-state index is 14.0. The molecule has 1 nitrogen and oxygen atoms in total. The number of methoxy groups -OCH3 is 1. The van der Waals surface area contributed by atoms with E-state index in [-0.39, 0.29) is 11.2 Å². The quantitative estimate of drug-likeness (QED) is 0.526. The first-order valence-corrected chi connectivity index (χ1v) is 7.62. The average Bonchev–Trinajstić information content (AvgIpc) is 2.67. The monoisotopic (exact) mass is 284 g/mol. The topological polar surface area (TPSA) is 9.23 Å². The molecule has 1 aromatic carbocycles. The van der Waals surface area contributed by atoms with Crippen LogP contribution in [0, 0.1) is 11.7 Å². The van der Waals surface area contributed by atoms with Crippen molar-refractivity contribution in [3.63, 3.8) is 0 Å². The van der Waals surface area contributed by atoms with Gasteiger partial charge in [0.15, 0.2) is 0 Å². The lowest BCUT2D eigenvalue weighted by Crippen LogP contribution is -2.05. The van der Waals surface area contributed by atoms with Crippen molar-refractivity contribution in [1.82, 2.24) is 0 Å². The van der Waals surface area contributed by atoms with Gasteiger partial charge in [0.1, 0.15) is 11.6 Å². The van der Waals surface area contributed by atoms with Crippen molar-refractivity contribution in [2.75, 3.05) is 7.11 Å². The summed E-state index contributed by atoms with van der Waals surface area (Å²) in [6, 6.07) is 4.95. The molecule has 1 aliphatic carbocycles. The minimum atomic E-state index is -0.257. The molecule has 1 aromatic rings. The number of hydrogen-bond acceptors (Lipinski definition) is 1. The van der Waals surface area contributed by atoms with E-state index in [9.17, 15) is 4.39 Å². The van der Waals surface area contributed by atoms with Gasteiger partial charge in [0.05, 0.1) is 12.5 Å². The van der Waals surface area contributed by atoms with Gasteiger partial charge in [-0.2, -0.15) is 0 Å². The van der Waals surface area contributed by atoms with Crippen LogP contribution in [0.4, 0.5) is 4.39 Å². The average molecular weight is 285 g/mol. The number of halogens is 2. The van der Waals surface area contributed by atoms with Gasteiger partial charge in [-0.3, -0.25) is 0 Å². The molecular weight excluding hydrogens is 263 g/mol. The van der Waals surface area contributed by atoms with Gasteiger partial charge in [0.2, 0.25) is 0 Å². The van der Waals surface area contributed by atoms with Gasteiger partial charge in [-0.1, -0.05) is 44.6 Å². The number of alkyl halides is 1. The fraction of sp³-hybridized carbons (Fsp3) is 0.625. The zero-order valence-electron chi connectivity index (χ0n) is 11.5. The van der Waals surface area contributed by atoms with Gasteiger partial charge in [-0.05, 0) is 18.4 Å². The Labute approximate surface area is 120 Å². The van der Waals surface area contributed by atoms with Gasteiger partial charge >= 0.3 is 0 Å². The van der Waals surface area contributed by atoms with Gasteiger partial charge in [0, 0.05) is 11.6 Å². The summed E-state index contributed by atoms with van der Waals surface area (Å²) in [5.74, 6) is 0.930. The molecule has 0 amide bonds. The normalized spacial score (nSPS) is 18.9. The number of rotatable bonds is 4. The van der Waals surface area contributed by atoms with Crippen molar-refractivity contribution in [2.24, 2.45) is 5.92 Å². The summed E-state index contributed by atoms with van der Waals surface area (Å²) in [4.78, 5) is 0. The first-order chi connectivity index (χ1) is 9.20. The molecule has 0 aromatic heterocycles. The fourth-order valence-electron chi connectivity index (χ4n) is 2.91. The lowest BCUT2D eigenvalue weighted by molar-refractivity contribution is 0.406. The van der Waals surface area contributed by atoms with Crippen molar-refractivity contribution >= 4 is 11.6 Å². The van der Waals surface area contributed by atoms with Crippen LogP contribution in [0.25, 0.3) is 0 Å². The van der Waals surface area contributed by atoms with Crippen LogP contribution < -0.4 is 4.74 Å². The van der Waals surface area contributed by atoms with E-state index in [1.807, 2.05) is 0 Å². The lowest BCUT2D eigenvalue weighted by atomic mass is 9.92. The predicted octanol–water partition coefficient (Wildman–Crippen LogP) is 5.47. The molecule has 0 radical (unpaired) electrons. The Kier molecular flexibility index (Phi) is 5.50. The van der Waals surface area contributed by atoms with Crippen LogP contribution in [0.2, 0.25) is 0 Å². The summed E-state index contributed by atoms with van der Waals surface area (Å²) in [5, 5.41) is -0.228. The number of benzene rings is 1. The Bertz CT molecular complexity index is 400. The van der Waals surface area contributed by atoms with Crippen molar-refractivity contribution in [3.05, 3.63) is 29.6 Å². The molecule has 0 saturated heterocycles. The second-order valence-corrected chi connectivity index (χ2v) is 5.98. The van der Waals surface area contributed by atoms with Crippen molar-refractivity contribution in [1.29, 1.82) is 0 Å². The highest BCUT2D eigenvalue weighted by Gasteiger charge is 2.20. The Morgan fingerprint density at radius 1 is 1.26 bits per heavy atom. The van der Waals surface area contributed by atoms with Gasteiger partial charge in [-0.25, -0.2) is 4.39 Å². The van der Waals surface area contributed by atoms with E-state index in [2.05, 4.69) is 0 Å². The molecule has 106 valence electrons. The highest BCUT2D eigenvalue weighted by Crippen LogP contribution is 2.36. The molecule has 1 fully saturated rings. The van der Waals surface area contributed by atoms with E-state index >= 15 is 0 Å². The first-order valence-electron chi connectivity index (χ1n) is 7.18. The van der Waals surface area contributed by atoms with Crippen molar-refractivity contribution in [3.8, 4) is 5.75 Å². The summed E-state index contributed by atoms with van der Waals surface area (Å²) in [6.07, 6.45) is 8.60. The Morgan fingerprint density at radius 2 is 1.95 bits per heavy atom. The maximum absolute atomic E-state index is 14.0. The van der Waals surface area contributed by atoms with E-state index in [1.54, 1.807) is 12.1 Å². The zero-order valence-corrected chi connectivity index (χ0v) is 12.3. The molecule has 1 atom stereocenters. The minimum Gasteiger partial charge on any atom is -0.497 e. The summed E-state index contributed by atoms with van der Waals surface area (Å²) < 4.78 is 19.0. The second-order valence-electron chi connectivity index (χ2n) is 5.45. The molecule has 1 unspecified atom stereocenters. The van der Waals surface area contributed by atoms with Crippen LogP contribution in [0.3, 0.4) is 0 Å². The first kappa shape index (κ1) is 14.6. The fourth-order valence-corrected chi connectivity index (χ4v) is 3.34. The molecule has 0 spiro atoms. The third-order valence-electron chi connectivity index (χ3n) is 4.06. The Hall–Kier alpha value is -0.760. The molecule has 1 aliphatic rings. The molecule has 0 heterocycles. The summed E-state index contributed by atoms with van der Waals surface area (Å²) in [5.41, 5.74) is 0.603. The highest BCUT2D eigenvalue weighted by molar-refractivity contribution is 6.20. The number of hydrogen-bond donors (Lipinski definition) is 0. The second kappa shape index (κ2) is 7.14. The maximum Gasteiger partial charge on any atom is 0.131 e. The molecule has 3 heteroatoms. The molecular formula is C16H22ClFO. The van der Waals surface area contributed by atoms with E-state index in [1.165, 1.54) is 51.7 Å². The SMILES string of the molecule is COc1ccc(C(Cl)CC2CCCCCC2)c(F)c1. The van der Waals surface area contributed by atoms with Crippen LogP contribution in [-0.2, 0) is 0 Å². The third kappa shape index (κ3) is 4.10. The van der Waals surface area contributed by atoms with Crippen LogP contribution in [0.5, 0.6) is 5.75 Å². The Balaban J connectivity index is 2.00. The largest absolute Gasteiger partial charge is 0.497 e. The molecule has 19 heavy (non-hydrogen) atoms. The summed E-state index contributed by atoms with van der Waals surface area (Å²) in [7, 11) is 1.54. The van der Waals surface area contributed by atoms with E-state index in [4.69, 9.17) is 16.3 Å². The summed E-state index contributed by atoms with van der Waals surface area (Å²) >= 11 is 6.41. The third-order valence-corrected chi connectivity index (χ3v) is 4.47. The smallest absolute Gasteiger partial charge is 0.131 e. The number of ether oxygens (including phenoxy) is 1. The highest BCUT2D eigenvalue weighted by atomic mass is 35.5. The Morgan fingerprint density at radius 3 is 2.53 bits per heavy atom. The van der Waals surface area contributed by atoms with Crippen LogP contribution >= 0.6 is 11.6 Å². The predicted molar refractivity (Wildman–Crippen MR) is 77.4 cm³/mol. The molecule has 0 N–H and O–H groups in total. The van der Waals surface area contributed by atoms with E-state index < -0.39 is 0 Å². The standard InChI is InChI=1S/C16H22ClFO/c1-19-13-8-9-14(16(18)11-13)15(17)10-12-6-4-2-3-5-7-12/h8-9,11-12,15H,2-7,10H2,1H3. The lowest BCUT2D eigenvalue weighted by Gasteiger charge is -2.18. The van der Waals surface area contributed by atoms with Crippen LogP contribution in [0.1, 0.15) is 55.9 Å². The molecule has 1 saturated carbocycles. The van der Waals surface area contributed by atoms with E-state index in [0.29, 0.717) is 17.2 Å². The van der Waals surface area contributed by atoms with Gasteiger partial charge < -0.3 is 4.74 Å². The van der Waals surface area contributed by atoms with Crippen molar-refractivity contribution in [2.45, 2.75) is 50.3 Å². The van der Waals surface area contributed by atoms with Crippen LogP contribution in [-0.4, -0.2) is 7.11 Å². The summed E-state index contributed by atoms with van der Waals surface area (Å²) in [6.45, 7) is 0. The minimum absolute atomic E-state index is 0.228. The van der Waals surface area contributed by atoms with E-state index in [0.717, 1.165) is 6.42 Å². The van der Waals surface area contributed by atoms with Crippen LogP contribution in [0.15, 0.2) is 18.2 Å². The van der Waals surface area contributed by atoms with Gasteiger partial charge in [-0.15, -0.1) is 11.6 Å². The van der Waals surface area contributed by atoms with Gasteiger partial charge in [0.25, 0.3) is 0 Å². The molecule has 2 rings (SSSR count). The molecule has 0 bridgehead atoms.